The van der Waals surface area contributed by atoms with E-state index >= 15 is 0 Å². The van der Waals surface area contributed by atoms with Crippen LogP contribution < -0.4 is 0 Å². The van der Waals surface area contributed by atoms with Gasteiger partial charge < -0.3 is 19.1 Å². The van der Waals surface area contributed by atoms with Crippen molar-refractivity contribution in [2.24, 2.45) is 0 Å². The van der Waals surface area contributed by atoms with E-state index in [-0.39, 0.29) is 32.0 Å². The Bertz CT molecular complexity index is 1090. The number of halogens is 1. The molecular formula is C21H20ClN3O9. The molecule has 0 radical (unpaired) electrons. The van der Waals surface area contributed by atoms with E-state index in [1.165, 1.54) is 0 Å². The fraction of sp³-hybridized carbons (Fsp3) is 0.429. The van der Waals surface area contributed by atoms with Crippen LogP contribution in [0.4, 0.5) is 0 Å². The molecule has 1 aliphatic carbocycles. The molecule has 4 rings (SSSR count). The number of aryl methyl sites for hydroxylation is 1. The largest absolute Gasteiger partial charge is 0.462 e. The van der Waals surface area contributed by atoms with Crippen molar-refractivity contribution >= 4 is 17.6 Å². The Morgan fingerprint density at radius 2 is 1.76 bits per heavy atom. The lowest BCUT2D eigenvalue weighted by Gasteiger charge is -2.15. The molecule has 1 fully saturated rings. The van der Waals surface area contributed by atoms with Gasteiger partial charge in [0.15, 0.2) is 0 Å². The van der Waals surface area contributed by atoms with Crippen molar-refractivity contribution in [1.29, 1.82) is 0 Å². The number of benzene rings is 1. The number of carbonyl (C=O) groups is 1. The quantitative estimate of drug-likeness (QED) is 0.304. The van der Waals surface area contributed by atoms with Crippen LogP contribution in [0.2, 0.25) is 5.02 Å². The highest BCUT2D eigenvalue weighted by molar-refractivity contribution is 6.30. The molecule has 0 N–H and O–H groups in total. The molecule has 1 aromatic heterocycles. The summed E-state index contributed by atoms with van der Waals surface area (Å²) in [5, 5.41) is 19.9. The molecule has 2 heterocycles. The third kappa shape index (κ3) is 5.18. The smallest absolute Gasteiger partial charge is 0.310 e. The second-order valence-corrected chi connectivity index (χ2v) is 8.43. The molecule has 0 spiro atoms. The zero-order valence-electron chi connectivity index (χ0n) is 17.9. The lowest BCUT2D eigenvalue weighted by Crippen LogP contribution is -2.30. The first-order valence-corrected chi connectivity index (χ1v) is 10.7. The summed E-state index contributed by atoms with van der Waals surface area (Å²) in [6, 6.07) is 7.27. The fourth-order valence-corrected chi connectivity index (χ4v) is 4.47. The number of ether oxygens (including phenoxy) is 2. The Labute approximate surface area is 197 Å². The van der Waals surface area contributed by atoms with Gasteiger partial charge in [0.2, 0.25) is 0 Å². The zero-order valence-corrected chi connectivity index (χ0v) is 18.7. The minimum atomic E-state index is -1.21. The third-order valence-electron chi connectivity index (χ3n) is 5.86. The first kappa shape index (κ1) is 23.6. The maximum Gasteiger partial charge on any atom is 0.310 e. The lowest BCUT2D eigenvalue weighted by molar-refractivity contribution is -0.797. The first-order chi connectivity index (χ1) is 16.2. The lowest BCUT2D eigenvalue weighted by atomic mass is 9.95. The van der Waals surface area contributed by atoms with E-state index in [0.717, 1.165) is 16.7 Å². The number of hydrogen-bond acceptors (Lipinski definition) is 10. The van der Waals surface area contributed by atoms with Crippen LogP contribution in [-0.2, 0) is 37.0 Å². The SMILES string of the molecule is Cc1ncc2c(c1CC(=O)OC1CC(O[N+](=O)[O-])C(O[N+](=O)[O-])C1)COC2c1ccc(Cl)cc1. The molecule has 3 unspecified atom stereocenters. The van der Waals surface area contributed by atoms with Crippen molar-refractivity contribution < 1.29 is 34.1 Å². The van der Waals surface area contributed by atoms with Gasteiger partial charge in [-0.2, -0.15) is 0 Å². The van der Waals surface area contributed by atoms with Gasteiger partial charge in [0, 0.05) is 35.3 Å². The van der Waals surface area contributed by atoms with Crippen LogP contribution in [0, 0.1) is 27.2 Å². The third-order valence-corrected chi connectivity index (χ3v) is 6.12. The van der Waals surface area contributed by atoms with Crippen LogP contribution in [0.5, 0.6) is 0 Å². The fourth-order valence-electron chi connectivity index (χ4n) is 4.34. The van der Waals surface area contributed by atoms with Crippen molar-refractivity contribution in [2.45, 2.75) is 57.2 Å². The number of rotatable bonds is 8. The maximum absolute atomic E-state index is 12.7. The molecule has 1 aromatic carbocycles. The zero-order chi connectivity index (χ0) is 24.4. The molecule has 13 heteroatoms. The number of nitrogens with zero attached hydrogens (tertiary/aromatic N) is 3. The van der Waals surface area contributed by atoms with Gasteiger partial charge in [-0.15, -0.1) is 20.2 Å². The maximum atomic E-state index is 12.7. The van der Waals surface area contributed by atoms with Gasteiger partial charge in [-0.05, 0) is 35.7 Å². The average Bonchev–Trinajstić information content (AvgIpc) is 3.34. The van der Waals surface area contributed by atoms with Crippen molar-refractivity contribution in [3.63, 3.8) is 0 Å². The Hall–Kier alpha value is -3.51. The monoisotopic (exact) mass is 493 g/mol. The van der Waals surface area contributed by atoms with E-state index in [4.69, 9.17) is 21.1 Å². The van der Waals surface area contributed by atoms with Crippen molar-refractivity contribution in [3.05, 3.63) is 83.7 Å². The van der Waals surface area contributed by atoms with Gasteiger partial charge in [0.05, 0.1) is 13.0 Å². The van der Waals surface area contributed by atoms with Crippen LogP contribution in [-0.4, -0.2) is 39.4 Å². The van der Waals surface area contributed by atoms with Crippen molar-refractivity contribution in [1.82, 2.24) is 4.98 Å². The van der Waals surface area contributed by atoms with Gasteiger partial charge >= 0.3 is 5.97 Å². The van der Waals surface area contributed by atoms with E-state index in [1.807, 2.05) is 12.1 Å². The standard InChI is InChI=1S/C21H20ClN3O9/c1-11-15(17-10-31-21(16(17)9-23-11)12-2-4-13(22)5-3-12)8-20(26)32-14-6-18(33-24(27)28)19(7-14)34-25(29)30/h2-5,9,14,18-19,21H,6-8,10H2,1H3. The topological polar surface area (TPSA) is 153 Å². The summed E-state index contributed by atoms with van der Waals surface area (Å²) < 4.78 is 11.4. The summed E-state index contributed by atoms with van der Waals surface area (Å²) in [6.45, 7) is 2.06. The molecule has 0 saturated heterocycles. The molecule has 0 bridgehead atoms. The molecule has 0 amide bonds. The minimum Gasteiger partial charge on any atom is -0.462 e. The molecule has 12 nitrogen and oxygen atoms in total. The van der Waals surface area contributed by atoms with Crippen molar-refractivity contribution in [2.75, 3.05) is 0 Å². The van der Waals surface area contributed by atoms with Crippen LogP contribution in [0.1, 0.15) is 46.9 Å². The van der Waals surface area contributed by atoms with E-state index in [9.17, 15) is 25.0 Å². The van der Waals surface area contributed by atoms with E-state index in [2.05, 4.69) is 14.7 Å². The average molecular weight is 494 g/mol. The molecule has 34 heavy (non-hydrogen) atoms. The number of carbonyl (C=O) groups excluding carboxylic acids is 1. The summed E-state index contributed by atoms with van der Waals surface area (Å²) >= 11 is 5.97. The predicted molar refractivity (Wildman–Crippen MR) is 114 cm³/mol. The summed E-state index contributed by atoms with van der Waals surface area (Å²) in [5.41, 5.74) is 3.91. The Balaban J connectivity index is 1.46. The molecule has 1 saturated carbocycles. The number of aromatic nitrogens is 1. The summed E-state index contributed by atoms with van der Waals surface area (Å²) in [4.78, 5) is 47.4. The number of esters is 1. The number of fused-ring (bicyclic) bond motifs is 1. The highest BCUT2D eigenvalue weighted by Gasteiger charge is 2.41. The van der Waals surface area contributed by atoms with Crippen LogP contribution in [0.3, 0.4) is 0 Å². The Kier molecular flexibility index (Phi) is 6.80. The molecule has 180 valence electrons. The summed E-state index contributed by atoms with van der Waals surface area (Å²) in [7, 11) is 0. The number of pyridine rings is 1. The molecule has 2 aliphatic rings. The Morgan fingerprint density at radius 3 is 2.35 bits per heavy atom. The van der Waals surface area contributed by atoms with Gasteiger partial charge in [-0.25, -0.2) is 0 Å². The van der Waals surface area contributed by atoms with Crippen LogP contribution in [0.25, 0.3) is 0 Å². The van der Waals surface area contributed by atoms with Gasteiger partial charge in [-0.1, -0.05) is 23.7 Å². The minimum absolute atomic E-state index is 0.100. The van der Waals surface area contributed by atoms with Gasteiger partial charge in [0.1, 0.15) is 24.4 Å². The van der Waals surface area contributed by atoms with Gasteiger partial charge in [-0.3, -0.25) is 9.78 Å². The van der Waals surface area contributed by atoms with E-state index in [1.54, 1.807) is 25.3 Å². The molecule has 2 aromatic rings. The van der Waals surface area contributed by atoms with Crippen LogP contribution in [0.15, 0.2) is 30.5 Å². The van der Waals surface area contributed by atoms with E-state index < -0.39 is 34.5 Å². The Morgan fingerprint density at radius 1 is 1.15 bits per heavy atom. The predicted octanol–water partition coefficient (Wildman–Crippen LogP) is 3.06. The normalized spacial score (nSPS) is 23.2. The molecular weight excluding hydrogens is 474 g/mol. The summed E-state index contributed by atoms with van der Waals surface area (Å²) in [6.07, 6.45) is -2.17. The molecule has 1 aliphatic heterocycles. The highest BCUT2D eigenvalue weighted by atomic mass is 35.5. The second kappa shape index (κ2) is 9.77. The van der Waals surface area contributed by atoms with Gasteiger partial charge in [0.25, 0.3) is 10.2 Å². The molecule has 3 atom stereocenters. The van der Waals surface area contributed by atoms with Crippen LogP contribution >= 0.6 is 11.6 Å². The van der Waals surface area contributed by atoms with Crippen molar-refractivity contribution in [3.8, 4) is 0 Å². The summed E-state index contributed by atoms with van der Waals surface area (Å²) in [5.74, 6) is -0.597. The first-order valence-electron chi connectivity index (χ1n) is 10.4. The van der Waals surface area contributed by atoms with E-state index in [0.29, 0.717) is 16.3 Å². The number of hydrogen-bond donors (Lipinski definition) is 0. The second-order valence-electron chi connectivity index (χ2n) is 7.99. The highest BCUT2D eigenvalue weighted by Crippen LogP contribution is 2.38.